The number of hydrogen-bond donors (Lipinski definition) is 1. The minimum Gasteiger partial charge on any atom is -0.326 e. The SMILES string of the molecule is CC(=O)Nc1cccc(-n2nnc(C=O)c2C2CCC2)c1. The molecule has 1 heterocycles. The van der Waals surface area contributed by atoms with Gasteiger partial charge in [0.15, 0.2) is 6.29 Å². The molecule has 0 spiro atoms. The van der Waals surface area contributed by atoms with Crippen molar-refractivity contribution in [2.45, 2.75) is 32.1 Å². The number of carbonyl (C=O) groups is 2. The van der Waals surface area contributed by atoms with E-state index >= 15 is 0 Å². The number of amides is 1. The standard InChI is InChI=1S/C15H16N4O2/c1-10(21)16-12-6-3-7-13(8-12)19-15(11-4-2-5-11)14(9-20)17-18-19/h3,6-9,11H,2,4-5H2,1H3,(H,16,21). The van der Waals surface area contributed by atoms with Crippen LogP contribution >= 0.6 is 0 Å². The fraction of sp³-hybridized carbons (Fsp3) is 0.333. The van der Waals surface area contributed by atoms with Crippen molar-refractivity contribution in [2.24, 2.45) is 0 Å². The molecule has 0 atom stereocenters. The molecule has 1 aliphatic rings. The molecule has 1 aromatic heterocycles. The van der Waals surface area contributed by atoms with Gasteiger partial charge in [-0.25, -0.2) is 4.68 Å². The molecule has 3 rings (SSSR count). The fourth-order valence-corrected chi connectivity index (χ4v) is 2.56. The van der Waals surface area contributed by atoms with Crippen LogP contribution in [-0.4, -0.2) is 27.2 Å². The van der Waals surface area contributed by atoms with E-state index in [1.165, 1.54) is 13.3 Å². The van der Waals surface area contributed by atoms with Gasteiger partial charge in [-0.15, -0.1) is 5.10 Å². The van der Waals surface area contributed by atoms with Crippen LogP contribution in [-0.2, 0) is 4.79 Å². The van der Waals surface area contributed by atoms with E-state index in [1.807, 2.05) is 24.3 Å². The van der Waals surface area contributed by atoms with E-state index in [9.17, 15) is 9.59 Å². The van der Waals surface area contributed by atoms with Gasteiger partial charge in [0.2, 0.25) is 5.91 Å². The first kappa shape index (κ1) is 13.5. The van der Waals surface area contributed by atoms with Gasteiger partial charge >= 0.3 is 0 Å². The van der Waals surface area contributed by atoms with E-state index in [0.717, 1.165) is 30.5 Å². The monoisotopic (exact) mass is 284 g/mol. The molecule has 1 fully saturated rings. The summed E-state index contributed by atoms with van der Waals surface area (Å²) in [5.41, 5.74) is 2.77. The lowest BCUT2D eigenvalue weighted by Gasteiger charge is -2.26. The Morgan fingerprint density at radius 3 is 2.86 bits per heavy atom. The highest BCUT2D eigenvalue weighted by atomic mass is 16.1. The third-order valence-electron chi connectivity index (χ3n) is 3.75. The molecule has 0 radical (unpaired) electrons. The topological polar surface area (TPSA) is 76.9 Å². The van der Waals surface area contributed by atoms with Crippen LogP contribution in [0.25, 0.3) is 5.69 Å². The van der Waals surface area contributed by atoms with Crippen LogP contribution in [0, 0.1) is 0 Å². The van der Waals surface area contributed by atoms with Crippen LogP contribution < -0.4 is 5.32 Å². The highest BCUT2D eigenvalue weighted by molar-refractivity contribution is 5.88. The average Bonchev–Trinajstić information content (AvgIpc) is 2.80. The predicted octanol–water partition coefficient (Wildman–Crippen LogP) is 2.31. The number of aldehydes is 1. The lowest BCUT2D eigenvalue weighted by Crippen LogP contribution is -2.16. The summed E-state index contributed by atoms with van der Waals surface area (Å²) in [7, 11) is 0. The van der Waals surface area contributed by atoms with Gasteiger partial charge in [-0.2, -0.15) is 0 Å². The van der Waals surface area contributed by atoms with Crippen molar-refractivity contribution >= 4 is 17.9 Å². The van der Waals surface area contributed by atoms with Crippen molar-refractivity contribution in [1.29, 1.82) is 0 Å². The number of aromatic nitrogens is 3. The van der Waals surface area contributed by atoms with E-state index in [1.54, 1.807) is 4.68 Å². The zero-order chi connectivity index (χ0) is 14.8. The third kappa shape index (κ3) is 2.56. The molecule has 0 unspecified atom stereocenters. The number of anilines is 1. The van der Waals surface area contributed by atoms with Crippen LogP contribution in [0.4, 0.5) is 5.69 Å². The van der Waals surface area contributed by atoms with Crippen molar-refractivity contribution in [3.8, 4) is 5.69 Å². The van der Waals surface area contributed by atoms with Gasteiger partial charge < -0.3 is 5.32 Å². The number of nitrogens with one attached hydrogen (secondary N) is 1. The molecule has 1 amide bonds. The molecule has 6 heteroatoms. The van der Waals surface area contributed by atoms with E-state index in [-0.39, 0.29) is 5.91 Å². The molecule has 6 nitrogen and oxygen atoms in total. The molecule has 2 aromatic rings. The molecule has 0 aliphatic heterocycles. The molecule has 1 aromatic carbocycles. The Morgan fingerprint density at radius 1 is 1.43 bits per heavy atom. The first-order valence-electron chi connectivity index (χ1n) is 6.98. The summed E-state index contributed by atoms with van der Waals surface area (Å²) in [4.78, 5) is 22.3. The summed E-state index contributed by atoms with van der Waals surface area (Å²) in [5, 5.41) is 10.8. The van der Waals surface area contributed by atoms with Crippen molar-refractivity contribution in [3.05, 3.63) is 35.7 Å². The van der Waals surface area contributed by atoms with Crippen LogP contribution in [0.5, 0.6) is 0 Å². The molecule has 0 bridgehead atoms. The zero-order valence-corrected chi connectivity index (χ0v) is 11.7. The molecule has 1 saturated carbocycles. The molecular formula is C15H16N4O2. The van der Waals surface area contributed by atoms with Crippen molar-refractivity contribution < 1.29 is 9.59 Å². The maximum atomic E-state index is 11.2. The number of nitrogens with zero attached hydrogens (tertiary/aromatic N) is 3. The molecular weight excluding hydrogens is 268 g/mol. The van der Waals surface area contributed by atoms with E-state index in [4.69, 9.17) is 0 Å². The summed E-state index contributed by atoms with van der Waals surface area (Å²) in [6.45, 7) is 1.46. The fourth-order valence-electron chi connectivity index (χ4n) is 2.56. The van der Waals surface area contributed by atoms with Crippen LogP contribution in [0.15, 0.2) is 24.3 Å². The molecule has 108 valence electrons. The van der Waals surface area contributed by atoms with Gasteiger partial charge in [-0.3, -0.25) is 9.59 Å². The van der Waals surface area contributed by atoms with E-state index < -0.39 is 0 Å². The van der Waals surface area contributed by atoms with Crippen molar-refractivity contribution in [2.75, 3.05) is 5.32 Å². The quantitative estimate of drug-likeness (QED) is 0.874. The zero-order valence-electron chi connectivity index (χ0n) is 11.7. The second-order valence-electron chi connectivity index (χ2n) is 5.25. The van der Waals surface area contributed by atoms with E-state index in [2.05, 4.69) is 15.6 Å². The summed E-state index contributed by atoms with van der Waals surface area (Å²) < 4.78 is 1.71. The maximum absolute atomic E-state index is 11.2. The highest BCUT2D eigenvalue weighted by Crippen LogP contribution is 2.38. The minimum absolute atomic E-state index is 0.126. The first-order chi connectivity index (χ1) is 10.2. The number of rotatable bonds is 4. The van der Waals surface area contributed by atoms with Gasteiger partial charge in [0.25, 0.3) is 0 Å². The number of carbonyl (C=O) groups excluding carboxylic acids is 2. The Labute approximate surface area is 122 Å². The molecule has 1 N–H and O–H groups in total. The second kappa shape index (κ2) is 5.47. The minimum atomic E-state index is -0.126. The largest absolute Gasteiger partial charge is 0.326 e. The third-order valence-corrected chi connectivity index (χ3v) is 3.75. The lowest BCUT2D eigenvalue weighted by molar-refractivity contribution is -0.114. The van der Waals surface area contributed by atoms with Crippen molar-refractivity contribution in [3.63, 3.8) is 0 Å². The highest BCUT2D eigenvalue weighted by Gasteiger charge is 2.28. The van der Waals surface area contributed by atoms with Crippen LogP contribution in [0.2, 0.25) is 0 Å². The Morgan fingerprint density at radius 2 is 2.24 bits per heavy atom. The summed E-state index contributed by atoms with van der Waals surface area (Å²) in [5.74, 6) is 0.211. The van der Waals surface area contributed by atoms with Gasteiger partial charge in [-0.1, -0.05) is 17.7 Å². The number of benzene rings is 1. The lowest BCUT2D eigenvalue weighted by atomic mass is 9.82. The Bertz CT molecular complexity index is 689. The summed E-state index contributed by atoms with van der Waals surface area (Å²) in [6, 6.07) is 7.36. The second-order valence-corrected chi connectivity index (χ2v) is 5.25. The van der Waals surface area contributed by atoms with Crippen LogP contribution in [0.1, 0.15) is 48.3 Å². The summed E-state index contributed by atoms with van der Waals surface area (Å²) in [6.07, 6.45) is 4.04. The number of hydrogen-bond acceptors (Lipinski definition) is 4. The smallest absolute Gasteiger partial charge is 0.221 e. The predicted molar refractivity (Wildman–Crippen MR) is 77.6 cm³/mol. The summed E-state index contributed by atoms with van der Waals surface area (Å²) >= 11 is 0. The molecule has 1 aliphatic carbocycles. The van der Waals surface area contributed by atoms with Gasteiger partial charge in [-0.05, 0) is 31.0 Å². The van der Waals surface area contributed by atoms with Gasteiger partial charge in [0.05, 0.1) is 11.4 Å². The van der Waals surface area contributed by atoms with E-state index in [0.29, 0.717) is 17.3 Å². The maximum Gasteiger partial charge on any atom is 0.221 e. The Hall–Kier alpha value is -2.50. The van der Waals surface area contributed by atoms with Crippen molar-refractivity contribution in [1.82, 2.24) is 15.0 Å². The van der Waals surface area contributed by atoms with Crippen LogP contribution in [0.3, 0.4) is 0 Å². The molecule has 0 saturated heterocycles. The molecule has 21 heavy (non-hydrogen) atoms. The normalized spacial score (nSPS) is 14.5. The Kier molecular flexibility index (Phi) is 3.51. The van der Waals surface area contributed by atoms with Gasteiger partial charge in [0, 0.05) is 18.5 Å². The Balaban J connectivity index is 2.02. The average molecular weight is 284 g/mol. The first-order valence-corrected chi connectivity index (χ1v) is 6.98. The van der Waals surface area contributed by atoms with Gasteiger partial charge in [0.1, 0.15) is 5.69 Å².